The van der Waals surface area contributed by atoms with Crippen molar-refractivity contribution in [2.45, 2.75) is 19.1 Å². The first-order valence-electron chi connectivity index (χ1n) is 9.44. The molecule has 7 nitrogen and oxygen atoms in total. The third-order valence-electron chi connectivity index (χ3n) is 4.60. The van der Waals surface area contributed by atoms with Gasteiger partial charge in [0.05, 0.1) is 31.7 Å². The van der Waals surface area contributed by atoms with Crippen LogP contribution < -0.4 is 10.1 Å². The molecule has 1 amide bonds. The molecule has 0 spiro atoms. The van der Waals surface area contributed by atoms with Crippen LogP contribution in [0.5, 0.6) is 5.75 Å². The average molecular weight is 406 g/mol. The van der Waals surface area contributed by atoms with Crippen LogP contribution in [0.2, 0.25) is 0 Å². The Morgan fingerprint density at radius 1 is 1.23 bits per heavy atom. The monoisotopic (exact) mass is 406 g/mol. The van der Waals surface area contributed by atoms with Gasteiger partial charge in [-0.1, -0.05) is 18.2 Å². The van der Waals surface area contributed by atoms with Crippen molar-refractivity contribution in [2.24, 2.45) is 0 Å². The summed E-state index contributed by atoms with van der Waals surface area (Å²) in [4.78, 5) is 12.3. The Balaban J connectivity index is 1.31. The summed E-state index contributed by atoms with van der Waals surface area (Å²) in [5.41, 5.74) is 1.59. The average Bonchev–Trinajstić information content (AvgIpc) is 3.14. The van der Waals surface area contributed by atoms with E-state index in [-0.39, 0.29) is 24.0 Å². The molecule has 1 fully saturated rings. The molecule has 0 aliphatic carbocycles. The molecule has 8 heteroatoms. The van der Waals surface area contributed by atoms with Crippen LogP contribution in [0.1, 0.15) is 16.7 Å². The van der Waals surface area contributed by atoms with Crippen molar-refractivity contribution >= 4 is 11.7 Å². The van der Waals surface area contributed by atoms with E-state index in [1.165, 1.54) is 12.1 Å². The molecule has 0 saturated carbocycles. The van der Waals surface area contributed by atoms with Crippen LogP contribution in [0.15, 0.2) is 54.7 Å². The van der Waals surface area contributed by atoms with Gasteiger partial charge in [0.2, 0.25) is 5.91 Å². The smallest absolute Gasteiger partial charge is 0.229 e. The SMILES string of the molecule is N#Cc1cc(Cn2ccc(NC(=O)Cc3ccc(OC4COC4)cc3)n2)ccc1F. The second-order valence-corrected chi connectivity index (χ2v) is 6.97. The van der Waals surface area contributed by atoms with E-state index in [0.29, 0.717) is 25.6 Å². The van der Waals surface area contributed by atoms with Gasteiger partial charge in [-0.05, 0) is 35.4 Å². The molecule has 0 atom stereocenters. The zero-order valence-corrected chi connectivity index (χ0v) is 16.0. The van der Waals surface area contributed by atoms with Gasteiger partial charge in [-0.2, -0.15) is 10.4 Å². The number of nitrogens with one attached hydrogen (secondary N) is 1. The van der Waals surface area contributed by atoms with E-state index >= 15 is 0 Å². The number of carbonyl (C=O) groups is 1. The van der Waals surface area contributed by atoms with Gasteiger partial charge in [-0.25, -0.2) is 4.39 Å². The minimum Gasteiger partial charge on any atom is -0.486 e. The van der Waals surface area contributed by atoms with Gasteiger partial charge in [0.25, 0.3) is 0 Å². The Labute approximate surface area is 172 Å². The molecular formula is C22H19FN4O3. The molecular weight excluding hydrogens is 387 g/mol. The summed E-state index contributed by atoms with van der Waals surface area (Å²) in [6.45, 7) is 1.58. The largest absolute Gasteiger partial charge is 0.486 e. The molecule has 0 unspecified atom stereocenters. The Hall–Kier alpha value is -3.70. The fraction of sp³-hybridized carbons (Fsp3) is 0.227. The first-order valence-corrected chi connectivity index (χ1v) is 9.44. The second kappa shape index (κ2) is 8.76. The number of carbonyl (C=O) groups excluding carboxylic acids is 1. The van der Waals surface area contributed by atoms with Gasteiger partial charge in [-0.3, -0.25) is 9.48 Å². The summed E-state index contributed by atoms with van der Waals surface area (Å²) in [7, 11) is 0. The van der Waals surface area contributed by atoms with Crippen molar-refractivity contribution in [3.8, 4) is 11.8 Å². The van der Waals surface area contributed by atoms with Crippen molar-refractivity contribution in [3.05, 3.63) is 77.2 Å². The number of hydrogen-bond acceptors (Lipinski definition) is 5. The fourth-order valence-corrected chi connectivity index (χ4v) is 2.99. The number of halogens is 1. The van der Waals surface area contributed by atoms with Crippen LogP contribution in [0.3, 0.4) is 0 Å². The van der Waals surface area contributed by atoms with Crippen molar-refractivity contribution in [2.75, 3.05) is 18.5 Å². The van der Waals surface area contributed by atoms with Crippen LogP contribution >= 0.6 is 0 Å². The van der Waals surface area contributed by atoms with Crippen molar-refractivity contribution in [1.29, 1.82) is 5.26 Å². The standard InChI is InChI=1S/C22H19FN4O3/c23-20-6-3-16(9-17(20)11-24)12-27-8-7-21(26-27)25-22(28)10-15-1-4-18(5-2-15)30-19-13-29-14-19/h1-9,19H,10,12-14H2,(H,25,26,28). The predicted octanol–water partition coefficient (Wildman–Crippen LogP) is 2.90. The predicted molar refractivity (Wildman–Crippen MR) is 106 cm³/mol. The maximum atomic E-state index is 13.4. The van der Waals surface area contributed by atoms with E-state index in [0.717, 1.165) is 16.9 Å². The number of amides is 1. The van der Waals surface area contributed by atoms with E-state index in [4.69, 9.17) is 14.7 Å². The molecule has 3 aromatic rings. The highest BCUT2D eigenvalue weighted by atomic mass is 19.1. The van der Waals surface area contributed by atoms with Gasteiger partial charge in [0.15, 0.2) is 5.82 Å². The van der Waals surface area contributed by atoms with Crippen LogP contribution in [-0.2, 0) is 22.5 Å². The number of benzene rings is 2. The minimum absolute atomic E-state index is 0.00868. The summed E-state index contributed by atoms with van der Waals surface area (Å²) in [5, 5.41) is 16.0. The highest BCUT2D eigenvalue weighted by Crippen LogP contribution is 2.17. The summed E-state index contributed by atoms with van der Waals surface area (Å²) in [5.74, 6) is 0.445. The molecule has 2 heterocycles. The lowest BCUT2D eigenvalue weighted by atomic mass is 10.1. The molecule has 0 bridgehead atoms. The van der Waals surface area contributed by atoms with Crippen molar-refractivity contribution in [3.63, 3.8) is 0 Å². The molecule has 152 valence electrons. The lowest BCUT2D eigenvalue weighted by Gasteiger charge is -2.26. The number of nitrogens with zero attached hydrogens (tertiary/aromatic N) is 3. The topological polar surface area (TPSA) is 89.2 Å². The van der Waals surface area contributed by atoms with E-state index in [2.05, 4.69) is 10.4 Å². The summed E-state index contributed by atoms with van der Waals surface area (Å²) < 4.78 is 25.8. The van der Waals surface area contributed by atoms with E-state index < -0.39 is 5.82 Å². The highest BCUT2D eigenvalue weighted by Gasteiger charge is 2.19. The third kappa shape index (κ3) is 4.82. The maximum Gasteiger partial charge on any atom is 0.229 e. The highest BCUT2D eigenvalue weighted by molar-refractivity contribution is 5.91. The first-order chi connectivity index (χ1) is 14.6. The van der Waals surface area contributed by atoms with Gasteiger partial charge < -0.3 is 14.8 Å². The fourth-order valence-electron chi connectivity index (χ4n) is 2.99. The first kappa shape index (κ1) is 19.6. The summed E-state index contributed by atoms with van der Waals surface area (Å²) in [6, 6.07) is 15.2. The molecule has 1 saturated heterocycles. The normalized spacial score (nSPS) is 13.3. The van der Waals surface area contributed by atoms with Crippen LogP contribution in [0.4, 0.5) is 10.2 Å². The number of anilines is 1. The number of nitriles is 1. The molecule has 4 rings (SSSR count). The zero-order valence-electron chi connectivity index (χ0n) is 16.0. The Bertz CT molecular complexity index is 1080. The Morgan fingerprint density at radius 3 is 2.70 bits per heavy atom. The van der Waals surface area contributed by atoms with E-state index in [1.807, 2.05) is 30.3 Å². The van der Waals surface area contributed by atoms with Gasteiger partial charge >= 0.3 is 0 Å². The molecule has 30 heavy (non-hydrogen) atoms. The third-order valence-corrected chi connectivity index (χ3v) is 4.60. The van der Waals surface area contributed by atoms with Gasteiger partial charge in [0, 0.05) is 12.3 Å². The van der Waals surface area contributed by atoms with Gasteiger partial charge in [0.1, 0.15) is 23.7 Å². The summed E-state index contributed by atoms with van der Waals surface area (Å²) >= 11 is 0. The lowest BCUT2D eigenvalue weighted by Crippen LogP contribution is -2.38. The number of ether oxygens (including phenoxy) is 2. The molecule has 1 aromatic heterocycles. The van der Waals surface area contributed by atoms with Crippen molar-refractivity contribution < 1.29 is 18.7 Å². The Morgan fingerprint density at radius 2 is 2.00 bits per heavy atom. The Kier molecular flexibility index (Phi) is 5.72. The zero-order chi connectivity index (χ0) is 20.9. The number of aromatic nitrogens is 2. The molecule has 0 radical (unpaired) electrons. The quantitative estimate of drug-likeness (QED) is 0.652. The molecule has 2 aromatic carbocycles. The molecule has 1 aliphatic rings. The minimum atomic E-state index is -0.550. The number of hydrogen-bond donors (Lipinski definition) is 1. The second-order valence-electron chi connectivity index (χ2n) is 6.97. The van der Waals surface area contributed by atoms with E-state index in [9.17, 15) is 9.18 Å². The maximum absolute atomic E-state index is 13.4. The molecule has 1 N–H and O–H groups in total. The van der Waals surface area contributed by atoms with E-state index in [1.54, 1.807) is 23.0 Å². The van der Waals surface area contributed by atoms with Crippen LogP contribution in [-0.4, -0.2) is 35.0 Å². The van der Waals surface area contributed by atoms with Crippen LogP contribution in [0.25, 0.3) is 0 Å². The van der Waals surface area contributed by atoms with Gasteiger partial charge in [-0.15, -0.1) is 0 Å². The number of rotatable bonds is 7. The molecule has 1 aliphatic heterocycles. The van der Waals surface area contributed by atoms with Crippen LogP contribution in [0, 0.1) is 17.1 Å². The van der Waals surface area contributed by atoms with Crippen molar-refractivity contribution in [1.82, 2.24) is 9.78 Å². The summed E-state index contributed by atoms with van der Waals surface area (Å²) in [6.07, 6.45) is 2.03. The lowest BCUT2D eigenvalue weighted by molar-refractivity contribution is -0.115.